The van der Waals surface area contributed by atoms with Gasteiger partial charge < -0.3 is 9.80 Å². The Morgan fingerprint density at radius 2 is 1.60 bits per heavy atom. The van der Waals surface area contributed by atoms with Crippen molar-refractivity contribution in [2.75, 3.05) is 39.3 Å². The highest BCUT2D eigenvalue weighted by atomic mass is 15.3. The Bertz CT molecular complexity index is 151. The number of nitrogens with zero attached hydrogens (tertiary/aromatic N) is 2. The molecule has 2 nitrogen and oxygen atoms in total. The van der Waals surface area contributed by atoms with Gasteiger partial charge in [0.15, 0.2) is 0 Å². The highest BCUT2D eigenvalue weighted by Gasteiger charge is 2.16. The van der Waals surface area contributed by atoms with Gasteiger partial charge in [-0.25, -0.2) is 0 Å². The summed E-state index contributed by atoms with van der Waals surface area (Å²) in [5, 5.41) is 0. The van der Waals surface area contributed by atoms with Gasteiger partial charge in [0.05, 0.1) is 0 Å². The Kier molecular flexibility index (Phi) is 6.26. The van der Waals surface area contributed by atoms with Crippen LogP contribution in [0.1, 0.15) is 40.0 Å². The number of rotatable bonds is 6. The third-order valence-corrected chi connectivity index (χ3v) is 3.53. The minimum absolute atomic E-state index is 0.887. The number of hydrogen-bond donors (Lipinski definition) is 0. The molecule has 0 aromatic heterocycles. The van der Waals surface area contributed by atoms with Gasteiger partial charge in [0.2, 0.25) is 0 Å². The summed E-state index contributed by atoms with van der Waals surface area (Å²) in [6.07, 6.45) is 4.15. The van der Waals surface area contributed by atoms with E-state index >= 15 is 0 Å². The number of piperazine rings is 1. The molecule has 2 heteroatoms. The van der Waals surface area contributed by atoms with E-state index in [1.165, 1.54) is 58.5 Å². The Morgan fingerprint density at radius 1 is 1.00 bits per heavy atom. The van der Waals surface area contributed by atoms with Crippen LogP contribution in [0.5, 0.6) is 0 Å². The van der Waals surface area contributed by atoms with Gasteiger partial charge in [0, 0.05) is 32.7 Å². The van der Waals surface area contributed by atoms with Crippen LogP contribution in [0.15, 0.2) is 0 Å². The molecular weight excluding hydrogens is 184 g/mol. The second-order valence-corrected chi connectivity index (χ2v) is 4.98. The van der Waals surface area contributed by atoms with Gasteiger partial charge in [-0.2, -0.15) is 0 Å². The highest BCUT2D eigenvalue weighted by molar-refractivity contribution is 4.72. The van der Waals surface area contributed by atoms with Crippen molar-refractivity contribution in [3.05, 3.63) is 0 Å². The lowest BCUT2D eigenvalue weighted by Crippen LogP contribution is -2.47. The second-order valence-electron chi connectivity index (χ2n) is 4.98. The first-order valence-electron chi connectivity index (χ1n) is 6.71. The van der Waals surface area contributed by atoms with Crippen molar-refractivity contribution in [1.29, 1.82) is 0 Å². The molecule has 0 bridgehead atoms. The van der Waals surface area contributed by atoms with E-state index in [1.807, 2.05) is 0 Å². The third kappa shape index (κ3) is 4.98. The van der Waals surface area contributed by atoms with Crippen LogP contribution in [0.3, 0.4) is 0 Å². The largest absolute Gasteiger partial charge is 0.301 e. The van der Waals surface area contributed by atoms with Crippen molar-refractivity contribution in [3.8, 4) is 0 Å². The lowest BCUT2D eigenvalue weighted by Gasteiger charge is -2.35. The lowest BCUT2D eigenvalue weighted by atomic mass is 10.0. The van der Waals surface area contributed by atoms with Crippen molar-refractivity contribution in [3.63, 3.8) is 0 Å². The van der Waals surface area contributed by atoms with Gasteiger partial charge in [0.25, 0.3) is 0 Å². The van der Waals surface area contributed by atoms with Crippen molar-refractivity contribution in [2.45, 2.75) is 40.0 Å². The zero-order chi connectivity index (χ0) is 11.1. The maximum atomic E-state index is 2.65. The first-order chi connectivity index (χ1) is 7.26. The fourth-order valence-corrected chi connectivity index (χ4v) is 2.37. The molecule has 1 aliphatic heterocycles. The molecule has 90 valence electrons. The quantitative estimate of drug-likeness (QED) is 0.667. The Balaban J connectivity index is 2.12. The number of unbranched alkanes of at least 4 members (excludes halogenated alkanes) is 1. The summed E-state index contributed by atoms with van der Waals surface area (Å²) in [5.41, 5.74) is 0. The van der Waals surface area contributed by atoms with Crippen molar-refractivity contribution in [2.24, 2.45) is 5.92 Å². The van der Waals surface area contributed by atoms with Gasteiger partial charge in [-0.1, -0.05) is 33.6 Å². The van der Waals surface area contributed by atoms with E-state index in [1.54, 1.807) is 0 Å². The van der Waals surface area contributed by atoms with E-state index < -0.39 is 0 Å². The van der Waals surface area contributed by atoms with Crippen LogP contribution in [0.25, 0.3) is 0 Å². The van der Waals surface area contributed by atoms with Crippen LogP contribution in [0.2, 0.25) is 0 Å². The van der Waals surface area contributed by atoms with Crippen molar-refractivity contribution in [1.82, 2.24) is 9.80 Å². The molecule has 0 aromatic carbocycles. The molecular formula is C13H28N2. The molecule has 0 amide bonds. The van der Waals surface area contributed by atoms with Crippen molar-refractivity contribution < 1.29 is 0 Å². The highest BCUT2D eigenvalue weighted by Crippen LogP contribution is 2.11. The molecule has 0 aliphatic carbocycles. The second kappa shape index (κ2) is 7.24. The average Bonchev–Trinajstić information content (AvgIpc) is 2.27. The molecule has 15 heavy (non-hydrogen) atoms. The molecule has 1 aliphatic rings. The maximum absolute atomic E-state index is 2.65. The fraction of sp³-hybridized carbons (Fsp3) is 1.00. The van der Waals surface area contributed by atoms with Crippen molar-refractivity contribution >= 4 is 0 Å². The fourth-order valence-electron chi connectivity index (χ4n) is 2.37. The minimum atomic E-state index is 0.887. The SMILES string of the molecule is CCCCC(C)CN1CCN(CC)CC1. The van der Waals surface area contributed by atoms with Crippen LogP contribution >= 0.6 is 0 Å². The molecule has 1 atom stereocenters. The predicted octanol–water partition coefficient (Wildman–Crippen LogP) is 2.45. The molecule has 0 N–H and O–H groups in total. The first kappa shape index (κ1) is 13.0. The van der Waals surface area contributed by atoms with Crippen LogP contribution in [0.4, 0.5) is 0 Å². The van der Waals surface area contributed by atoms with E-state index in [2.05, 4.69) is 30.6 Å². The molecule has 1 rings (SSSR count). The summed E-state index contributed by atoms with van der Waals surface area (Å²) in [7, 11) is 0. The van der Waals surface area contributed by atoms with E-state index in [9.17, 15) is 0 Å². The molecule has 1 saturated heterocycles. The monoisotopic (exact) mass is 212 g/mol. The van der Waals surface area contributed by atoms with Gasteiger partial charge in [-0.15, -0.1) is 0 Å². The van der Waals surface area contributed by atoms with Crippen LogP contribution in [-0.2, 0) is 0 Å². The van der Waals surface area contributed by atoms with E-state index in [4.69, 9.17) is 0 Å². The Hall–Kier alpha value is -0.0800. The van der Waals surface area contributed by atoms with E-state index in [0.29, 0.717) is 0 Å². The zero-order valence-electron chi connectivity index (χ0n) is 10.8. The molecule has 0 aromatic rings. The normalized spacial score (nSPS) is 21.8. The Morgan fingerprint density at radius 3 is 2.13 bits per heavy atom. The minimum Gasteiger partial charge on any atom is -0.301 e. The van der Waals surface area contributed by atoms with Gasteiger partial charge in [-0.05, 0) is 18.9 Å². The predicted molar refractivity (Wildman–Crippen MR) is 67.2 cm³/mol. The van der Waals surface area contributed by atoms with Gasteiger partial charge in [-0.3, -0.25) is 0 Å². The summed E-state index contributed by atoms with van der Waals surface area (Å²) in [4.78, 5) is 5.19. The summed E-state index contributed by atoms with van der Waals surface area (Å²) >= 11 is 0. The standard InChI is InChI=1S/C13H28N2/c1-4-6-7-13(3)12-15-10-8-14(5-2)9-11-15/h13H,4-12H2,1-3H3. The van der Waals surface area contributed by atoms with E-state index in [-0.39, 0.29) is 0 Å². The van der Waals surface area contributed by atoms with Gasteiger partial charge in [0.1, 0.15) is 0 Å². The molecule has 0 spiro atoms. The van der Waals surface area contributed by atoms with E-state index in [0.717, 1.165) is 5.92 Å². The summed E-state index contributed by atoms with van der Waals surface area (Å²) in [6.45, 7) is 14.6. The van der Waals surface area contributed by atoms with Crippen LogP contribution < -0.4 is 0 Å². The number of hydrogen-bond acceptors (Lipinski definition) is 2. The molecule has 1 heterocycles. The number of likely N-dealkylation sites (N-methyl/N-ethyl adjacent to an activating group) is 1. The molecule has 1 fully saturated rings. The first-order valence-corrected chi connectivity index (χ1v) is 6.71. The molecule has 1 unspecified atom stereocenters. The maximum Gasteiger partial charge on any atom is 0.0110 e. The topological polar surface area (TPSA) is 6.48 Å². The van der Waals surface area contributed by atoms with Crippen LogP contribution in [0, 0.1) is 5.92 Å². The summed E-state index contributed by atoms with van der Waals surface area (Å²) in [6, 6.07) is 0. The van der Waals surface area contributed by atoms with Crippen LogP contribution in [-0.4, -0.2) is 49.1 Å². The zero-order valence-corrected chi connectivity index (χ0v) is 10.8. The lowest BCUT2D eigenvalue weighted by molar-refractivity contribution is 0.122. The Labute approximate surface area is 95.6 Å². The summed E-state index contributed by atoms with van der Waals surface area (Å²) in [5.74, 6) is 0.887. The molecule has 0 radical (unpaired) electrons. The summed E-state index contributed by atoms with van der Waals surface area (Å²) < 4.78 is 0. The smallest absolute Gasteiger partial charge is 0.0110 e. The average molecular weight is 212 g/mol. The molecule has 0 saturated carbocycles. The van der Waals surface area contributed by atoms with Gasteiger partial charge >= 0.3 is 0 Å². The third-order valence-electron chi connectivity index (χ3n) is 3.53.